The summed E-state index contributed by atoms with van der Waals surface area (Å²) in [5.74, 6) is -1.48. The van der Waals surface area contributed by atoms with E-state index < -0.39 is 28.8 Å². The number of rotatable bonds is 3. The first-order valence-corrected chi connectivity index (χ1v) is 8.44. The van der Waals surface area contributed by atoms with Crippen LogP contribution in [0, 0.1) is 12.7 Å². The lowest BCUT2D eigenvalue weighted by Gasteiger charge is -2.30. The van der Waals surface area contributed by atoms with Gasteiger partial charge in [0.05, 0.1) is 6.61 Å². The minimum atomic E-state index is -1.26. The molecule has 1 aromatic heterocycles. The Morgan fingerprint density at radius 2 is 2.04 bits per heavy atom. The maximum atomic E-state index is 13.5. The minimum absolute atomic E-state index is 0.0293. The summed E-state index contributed by atoms with van der Waals surface area (Å²) in [6, 6.07) is 4.05. The number of ether oxygens (including phenoxy) is 2. The van der Waals surface area contributed by atoms with Crippen molar-refractivity contribution in [2.45, 2.75) is 45.3 Å². The van der Waals surface area contributed by atoms with E-state index in [-0.39, 0.29) is 12.4 Å². The zero-order valence-corrected chi connectivity index (χ0v) is 15.3. The summed E-state index contributed by atoms with van der Waals surface area (Å²) in [7, 11) is 0. The number of hydrogen-bond acceptors (Lipinski definition) is 5. The molecule has 3 rings (SSSR count). The van der Waals surface area contributed by atoms with Crippen LogP contribution >= 0.6 is 0 Å². The van der Waals surface area contributed by atoms with E-state index in [1.807, 2.05) is 0 Å². The van der Waals surface area contributed by atoms with Crippen LogP contribution in [0.25, 0.3) is 11.0 Å². The molecule has 1 fully saturated rings. The van der Waals surface area contributed by atoms with Crippen molar-refractivity contribution in [3.05, 3.63) is 35.3 Å². The molecule has 0 radical (unpaired) electrons. The highest BCUT2D eigenvalue weighted by Gasteiger charge is 2.47. The predicted molar refractivity (Wildman–Crippen MR) is 92.4 cm³/mol. The molecular formula is C19H22FNO5. The molecule has 26 heavy (non-hydrogen) atoms. The SMILES string of the molecule is Cc1c(C(=O)NC2(C(=O)OC(C)(C)C)CCOC2)oc2ccc(F)cc12. The molecule has 2 heterocycles. The molecule has 1 aromatic carbocycles. The van der Waals surface area contributed by atoms with Crippen molar-refractivity contribution < 1.29 is 27.9 Å². The van der Waals surface area contributed by atoms with Crippen LogP contribution in [0.3, 0.4) is 0 Å². The normalized spacial score (nSPS) is 20.3. The van der Waals surface area contributed by atoms with E-state index in [4.69, 9.17) is 13.9 Å². The fourth-order valence-electron chi connectivity index (χ4n) is 2.94. The lowest BCUT2D eigenvalue weighted by atomic mass is 9.97. The van der Waals surface area contributed by atoms with E-state index in [1.54, 1.807) is 27.7 Å². The Labute approximate surface area is 150 Å². The van der Waals surface area contributed by atoms with Gasteiger partial charge in [0.1, 0.15) is 17.0 Å². The molecule has 0 spiro atoms. The van der Waals surface area contributed by atoms with Crippen LogP contribution in [-0.2, 0) is 14.3 Å². The first kappa shape index (κ1) is 18.4. The third kappa shape index (κ3) is 3.44. The number of benzene rings is 1. The van der Waals surface area contributed by atoms with Crippen molar-refractivity contribution in [1.82, 2.24) is 5.32 Å². The highest BCUT2D eigenvalue weighted by Crippen LogP contribution is 2.28. The first-order chi connectivity index (χ1) is 12.1. The third-order valence-electron chi connectivity index (χ3n) is 4.27. The molecule has 7 heteroatoms. The molecule has 0 saturated carbocycles. The van der Waals surface area contributed by atoms with Crippen LogP contribution in [-0.4, -0.2) is 36.2 Å². The summed E-state index contributed by atoms with van der Waals surface area (Å²) in [6.45, 7) is 7.31. The Hall–Kier alpha value is -2.41. The van der Waals surface area contributed by atoms with Crippen molar-refractivity contribution in [2.24, 2.45) is 0 Å². The Morgan fingerprint density at radius 3 is 2.65 bits per heavy atom. The van der Waals surface area contributed by atoms with Crippen molar-refractivity contribution in [3.63, 3.8) is 0 Å². The second-order valence-electron chi connectivity index (χ2n) is 7.54. The highest BCUT2D eigenvalue weighted by molar-refractivity contribution is 6.01. The molecule has 6 nitrogen and oxygen atoms in total. The van der Waals surface area contributed by atoms with E-state index in [0.717, 1.165) is 0 Å². The van der Waals surface area contributed by atoms with Crippen LogP contribution in [0.4, 0.5) is 4.39 Å². The molecule has 1 N–H and O–H groups in total. The van der Waals surface area contributed by atoms with Crippen LogP contribution in [0.15, 0.2) is 22.6 Å². The molecule has 2 aromatic rings. The number of amides is 1. The van der Waals surface area contributed by atoms with E-state index in [2.05, 4.69) is 5.32 Å². The molecule has 1 aliphatic rings. The quantitative estimate of drug-likeness (QED) is 0.848. The van der Waals surface area contributed by atoms with Crippen molar-refractivity contribution in [1.29, 1.82) is 0 Å². The van der Waals surface area contributed by atoms with Crippen molar-refractivity contribution in [2.75, 3.05) is 13.2 Å². The molecule has 1 unspecified atom stereocenters. The lowest BCUT2D eigenvalue weighted by Crippen LogP contribution is -2.57. The van der Waals surface area contributed by atoms with Gasteiger partial charge in [0.15, 0.2) is 11.3 Å². The first-order valence-electron chi connectivity index (χ1n) is 8.44. The molecular weight excluding hydrogens is 341 g/mol. The Morgan fingerprint density at radius 1 is 1.31 bits per heavy atom. The van der Waals surface area contributed by atoms with Gasteiger partial charge in [-0.2, -0.15) is 0 Å². The van der Waals surface area contributed by atoms with Gasteiger partial charge in [-0.05, 0) is 45.9 Å². The van der Waals surface area contributed by atoms with Gasteiger partial charge in [0.25, 0.3) is 5.91 Å². The van der Waals surface area contributed by atoms with E-state index >= 15 is 0 Å². The molecule has 1 amide bonds. The predicted octanol–water partition coefficient (Wildman–Crippen LogP) is 3.11. The fraction of sp³-hybridized carbons (Fsp3) is 0.474. The summed E-state index contributed by atoms with van der Waals surface area (Å²) in [5.41, 5.74) is -1.04. The number of hydrogen-bond donors (Lipinski definition) is 1. The number of nitrogens with one attached hydrogen (secondary N) is 1. The maximum absolute atomic E-state index is 13.5. The third-order valence-corrected chi connectivity index (χ3v) is 4.27. The zero-order chi connectivity index (χ0) is 19.1. The van der Waals surface area contributed by atoms with Crippen LogP contribution in [0.1, 0.15) is 43.3 Å². The smallest absolute Gasteiger partial charge is 0.334 e. The molecule has 0 aliphatic carbocycles. The average Bonchev–Trinajstić information content (AvgIpc) is 3.12. The average molecular weight is 363 g/mol. The van der Waals surface area contributed by atoms with Crippen molar-refractivity contribution >= 4 is 22.8 Å². The number of furan rings is 1. The van der Waals surface area contributed by atoms with Gasteiger partial charge in [-0.15, -0.1) is 0 Å². The van der Waals surface area contributed by atoms with Gasteiger partial charge < -0.3 is 19.2 Å². The Kier molecular flexibility index (Phi) is 4.52. The standard InChI is InChI=1S/C19H22FNO5/c1-11-13-9-12(20)5-6-14(13)25-15(11)16(22)21-19(7-8-24-10-19)17(23)26-18(2,3)4/h5-6,9H,7-8,10H2,1-4H3,(H,21,22). The lowest BCUT2D eigenvalue weighted by molar-refractivity contribution is -0.162. The Balaban J connectivity index is 1.89. The fourth-order valence-corrected chi connectivity index (χ4v) is 2.94. The molecule has 1 saturated heterocycles. The van der Waals surface area contributed by atoms with Gasteiger partial charge in [-0.25, -0.2) is 9.18 Å². The number of halogens is 1. The van der Waals surface area contributed by atoms with Gasteiger partial charge in [0, 0.05) is 24.0 Å². The second-order valence-corrected chi connectivity index (χ2v) is 7.54. The van der Waals surface area contributed by atoms with Gasteiger partial charge in [-0.1, -0.05) is 0 Å². The zero-order valence-electron chi connectivity index (χ0n) is 15.3. The summed E-state index contributed by atoms with van der Waals surface area (Å²) >= 11 is 0. The summed E-state index contributed by atoms with van der Waals surface area (Å²) in [4.78, 5) is 25.4. The second kappa shape index (κ2) is 6.39. The number of fused-ring (bicyclic) bond motifs is 1. The minimum Gasteiger partial charge on any atom is -0.458 e. The van der Waals surface area contributed by atoms with Crippen molar-refractivity contribution in [3.8, 4) is 0 Å². The number of esters is 1. The van der Waals surface area contributed by atoms with Crippen LogP contribution in [0.5, 0.6) is 0 Å². The monoisotopic (exact) mass is 363 g/mol. The maximum Gasteiger partial charge on any atom is 0.334 e. The van der Waals surface area contributed by atoms with E-state index in [9.17, 15) is 14.0 Å². The summed E-state index contributed by atoms with van der Waals surface area (Å²) in [5, 5.41) is 3.24. The number of carbonyl (C=O) groups is 2. The molecule has 1 aliphatic heterocycles. The number of carbonyl (C=O) groups excluding carboxylic acids is 2. The largest absolute Gasteiger partial charge is 0.458 e. The topological polar surface area (TPSA) is 77.8 Å². The van der Waals surface area contributed by atoms with E-state index in [1.165, 1.54) is 18.2 Å². The Bertz CT molecular complexity index is 859. The van der Waals surface area contributed by atoms with Gasteiger partial charge in [0.2, 0.25) is 0 Å². The number of aryl methyl sites for hydroxylation is 1. The van der Waals surface area contributed by atoms with Crippen LogP contribution < -0.4 is 5.32 Å². The summed E-state index contributed by atoms with van der Waals surface area (Å²) in [6.07, 6.45) is 0.307. The molecule has 140 valence electrons. The van der Waals surface area contributed by atoms with Gasteiger partial charge >= 0.3 is 5.97 Å². The van der Waals surface area contributed by atoms with Crippen LogP contribution in [0.2, 0.25) is 0 Å². The molecule has 1 atom stereocenters. The summed E-state index contributed by atoms with van der Waals surface area (Å²) < 4.78 is 29.8. The molecule has 0 bridgehead atoms. The van der Waals surface area contributed by atoms with Gasteiger partial charge in [-0.3, -0.25) is 4.79 Å². The highest BCUT2D eigenvalue weighted by atomic mass is 19.1. The van der Waals surface area contributed by atoms with E-state index in [0.29, 0.717) is 29.6 Å².